The molecular formula is C25H28ClNO5. The molecule has 0 aliphatic carbocycles. The average Bonchev–Trinajstić information content (AvgIpc) is 3.04. The normalized spacial score (nSPS) is 17.9. The van der Waals surface area contributed by atoms with E-state index in [-0.39, 0.29) is 11.3 Å². The van der Waals surface area contributed by atoms with Crippen molar-refractivity contribution in [2.24, 2.45) is 0 Å². The summed E-state index contributed by atoms with van der Waals surface area (Å²) in [5.41, 5.74) is 2.31. The molecule has 1 N–H and O–H groups in total. The predicted molar refractivity (Wildman–Crippen MR) is 124 cm³/mol. The van der Waals surface area contributed by atoms with Crippen molar-refractivity contribution < 1.29 is 24.2 Å². The standard InChI is InChI=1S/C25H28ClNO5/c1-15(2)16-6-8-17(9-7-16)22-21(24(29)25(30)27(22)12-5-13-31-3)23(28)18-10-11-19(26)20(14-18)32-4/h6-11,14-15,22,28H,5,12-13H2,1-4H3/b23-21-. The highest BCUT2D eigenvalue weighted by atomic mass is 35.5. The molecule has 2 aromatic rings. The van der Waals surface area contributed by atoms with Crippen molar-refractivity contribution in [3.05, 3.63) is 69.8 Å². The van der Waals surface area contributed by atoms with E-state index in [0.717, 1.165) is 11.1 Å². The zero-order valence-electron chi connectivity index (χ0n) is 18.7. The molecular weight excluding hydrogens is 430 g/mol. The molecule has 0 spiro atoms. The summed E-state index contributed by atoms with van der Waals surface area (Å²) >= 11 is 6.11. The molecule has 7 heteroatoms. The van der Waals surface area contributed by atoms with Crippen LogP contribution in [0.25, 0.3) is 5.76 Å². The van der Waals surface area contributed by atoms with Crippen LogP contribution in [0.5, 0.6) is 5.75 Å². The molecule has 1 fully saturated rings. The fraction of sp³-hybridized carbons (Fsp3) is 0.360. The maximum Gasteiger partial charge on any atom is 0.295 e. The number of aliphatic hydroxyl groups excluding tert-OH is 1. The van der Waals surface area contributed by atoms with Crippen LogP contribution in [0, 0.1) is 0 Å². The summed E-state index contributed by atoms with van der Waals surface area (Å²) in [6, 6.07) is 11.8. The lowest BCUT2D eigenvalue weighted by Crippen LogP contribution is -2.31. The van der Waals surface area contributed by atoms with Crippen molar-refractivity contribution in [2.45, 2.75) is 32.2 Å². The molecule has 3 rings (SSSR count). The number of methoxy groups -OCH3 is 2. The summed E-state index contributed by atoms with van der Waals surface area (Å²) in [6.45, 7) is 4.98. The van der Waals surface area contributed by atoms with Gasteiger partial charge in [0, 0.05) is 25.8 Å². The molecule has 1 aliphatic heterocycles. The van der Waals surface area contributed by atoms with Crippen molar-refractivity contribution in [3.8, 4) is 5.75 Å². The number of carbonyl (C=O) groups excluding carboxylic acids is 2. The molecule has 0 aromatic heterocycles. The molecule has 1 unspecified atom stereocenters. The van der Waals surface area contributed by atoms with E-state index in [0.29, 0.717) is 41.8 Å². The fourth-order valence-electron chi connectivity index (χ4n) is 3.86. The van der Waals surface area contributed by atoms with Gasteiger partial charge in [-0.3, -0.25) is 9.59 Å². The SMILES string of the molecule is COCCCN1C(=O)C(=O)/C(=C(\O)c2ccc(Cl)c(OC)c2)C1c1ccc(C(C)C)cc1. The first-order valence-corrected chi connectivity index (χ1v) is 10.9. The van der Waals surface area contributed by atoms with Crippen molar-refractivity contribution in [3.63, 3.8) is 0 Å². The van der Waals surface area contributed by atoms with E-state index in [2.05, 4.69) is 13.8 Å². The van der Waals surface area contributed by atoms with Gasteiger partial charge in [-0.05, 0) is 41.7 Å². The summed E-state index contributed by atoms with van der Waals surface area (Å²) in [7, 11) is 3.06. The zero-order valence-corrected chi connectivity index (χ0v) is 19.5. The van der Waals surface area contributed by atoms with Gasteiger partial charge < -0.3 is 19.5 Å². The first-order chi connectivity index (χ1) is 15.3. The lowest BCUT2D eigenvalue weighted by atomic mass is 9.93. The van der Waals surface area contributed by atoms with Gasteiger partial charge in [-0.15, -0.1) is 0 Å². The van der Waals surface area contributed by atoms with Gasteiger partial charge in [0.15, 0.2) is 0 Å². The van der Waals surface area contributed by atoms with E-state index in [9.17, 15) is 14.7 Å². The monoisotopic (exact) mass is 457 g/mol. The summed E-state index contributed by atoms with van der Waals surface area (Å²) < 4.78 is 10.4. The molecule has 1 atom stereocenters. The van der Waals surface area contributed by atoms with Crippen LogP contribution in [0.3, 0.4) is 0 Å². The number of ether oxygens (including phenoxy) is 2. The molecule has 1 aliphatic rings. The third-order valence-corrected chi connectivity index (χ3v) is 5.94. The van der Waals surface area contributed by atoms with Gasteiger partial charge in [-0.2, -0.15) is 0 Å². The lowest BCUT2D eigenvalue weighted by Gasteiger charge is -2.25. The van der Waals surface area contributed by atoms with Gasteiger partial charge in [0.1, 0.15) is 11.5 Å². The predicted octanol–water partition coefficient (Wildman–Crippen LogP) is 4.93. The van der Waals surface area contributed by atoms with E-state index in [1.165, 1.54) is 12.0 Å². The van der Waals surface area contributed by atoms with Crippen molar-refractivity contribution in [1.82, 2.24) is 4.90 Å². The minimum absolute atomic E-state index is 0.0501. The van der Waals surface area contributed by atoms with Gasteiger partial charge in [-0.25, -0.2) is 0 Å². The Hall–Kier alpha value is -2.83. The Morgan fingerprint density at radius 2 is 1.81 bits per heavy atom. The Morgan fingerprint density at radius 1 is 1.12 bits per heavy atom. The number of aliphatic hydroxyl groups is 1. The lowest BCUT2D eigenvalue weighted by molar-refractivity contribution is -0.140. The molecule has 170 valence electrons. The average molecular weight is 458 g/mol. The van der Waals surface area contributed by atoms with Gasteiger partial charge in [0.2, 0.25) is 0 Å². The topological polar surface area (TPSA) is 76.1 Å². The van der Waals surface area contributed by atoms with E-state index in [1.807, 2.05) is 24.3 Å². The number of hydrogen-bond donors (Lipinski definition) is 1. The summed E-state index contributed by atoms with van der Waals surface area (Å²) in [5.74, 6) is -0.902. The number of rotatable bonds is 8. The molecule has 1 heterocycles. The molecule has 0 saturated carbocycles. The smallest absolute Gasteiger partial charge is 0.295 e. The summed E-state index contributed by atoms with van der Waals surface area (Å²) in [6.07, 6.45) is 0.568. The number of hydrogen-bond acceptors (Lipinski definition) is 5. The number of Topliss-reactive ketones (excluding diaryl/α,β-unsaturated/α-hetero) is 1. The van der Waals surface area contributed by atoms with Crippen LogP contribution in [-0.2, 0) is 14.3 Å². The van der Waals surface area contributed by atoms with E-state index < -0.39 is 17.7 Å². The minimum Gasteiger partial charge on any atom is -0.507 e. The first-order valence-electron chi connectivity index (χ1n) is 10.5. The van der Waals surface area contributed by atoms with Crippen molar-refractivity contribution in [1.29, 1.82) is 0 Å². The molecule has 1 amide bonds. The number of likely N-dealkylation sites (tertiary alicyclic amines) is 1. The summed E-state index contributed by atoms with van der Waals surface area (Å²) in [4.78, 5) is 27.5. The van der Waals surface area contributed by atoms with E-state index >= 15 is 0 Å². The quantitative estimate of drug-likeness (QED) is 0.263. The van der Waals surface area contributed by atoms with Crippen LogP contribution in [-0.4, -0.2) is 49.1 Å². The Balaban J connectivity index is 2.13. The number of benzene rings is 2. The molecule has 32 heavy (non-hydrogen) atoms. The van der Waals surface area contributed by atoms with Gasteiger partial charge in [-0.1, -0.05) is 49.7 Å². The number of ketones is 1. The largest absolute Gasteiger partial charge is 0.507 e. The minimum atomic E-state index is -0.716. The molecule has 6 nitrogen and oxygen atoms in total. The Labute approximate surface area is 193 Å². The van der Waals surface area contributed by atoms with Gasteiger partial charge in [0.25, 0.3) is 11.7 Å². The fourth-order valence-corrected chi connectivity index (χ4v) is 4.06. The third-order valence-electron chi connectivity index (χ3n) is 5.63. The van der Waals surface area contributed by atoms with Gasteiger partial charge in [0.05, 0.1) is 23.7 Å². The highest BCUT2D eigenvalue weighted by Crippen LogP contribution is 2.40. The zero-order chi connectivity index (χ0) is 23.4. The number of amides is 1. The first kappa shape index (κ1) is 23.8. The second-order valence-electron chi connectivity index (χ2n) is 8.01. The second-order valence-corrected chi connectivity index (χ2v) is 8.42. The van der Waals surface area contributed by atoms with Crippen molar-refractivity contribution >= 4 is 29.1 Å². The Morgan fingerprint density at radius 3 is 2.41 bits per heavy atom. The summed E-state index contributed by atoms with van der Waals surface area (Å²) in [5, 5.41) is 11.5. The van der Waals surface area contributed by atoms with Crippen LogP contribution in [0.2, 0.25) is 5.02 Å². The van der Waals surface area contributed by atoms with Crippen molar-refractivity contribution in [2.75, 3.05) is 27.4 Å². The molecule has 0 bridgehead atoms. The number of carbonyl (C=O) groups is 2. The Kier molecular flexibility index (Phi) is 7.59. The highest BCUT2D eigenvalue weighted by Gasteiger charge is 2.45. The van der Waals surface area contributed by atoms with Crippen LogP contribution in [0.4, 0.5) is 0 Å². The second kappa shape index (κ2) is 10.2. The van der Waals surface area contributed by atoms with Crippen LogP contribution in [0.15, 0.2) is 48.0 Å². The molecule has 2 aromatic carbocycles. The highest BCUT2D eigenvalue weighted by molar-refractivity contribution is 6.46. The van der Waals surface area contributed by atoms with Gasteiger partial charge >= 0.3 is 0 Å². The van der Waals surface area contributed by atoms with E-state index in [4.69, 9.17) is 21.1 Å². The molecule has 0 radical (unpaired) electrons. The molecule has 1 saturated heterocycles. The maximum atomic E-state index is 13.0. The van der Waals surface area contributed by atoms with Crippen LogP contribution >= 0.6 is 11.6 Å². The Bertz CT molecular complexity index is 1030. The maximum absolute atomic E-state index is 13.0. The van der Waals surface area contributed by atoms with Crippen LogP contribution < -0.4 is 4.74 Å². The number of nitrogens with zero attached hydrogens (tertiary/aromatic N) is 1. The van der Waals surface area contributed by atoms with Crippen LogP contribution in [0.1, 0.15) is 48.9 Å². The third kappa shape index (κ3) is 4.66. The number of halogens is 1. The van der Waals surface area contributed by atoms with E-state index in [1.54, 1.807) is 25.3 Å².